The Morgan fingerprint density at radius 1 is 1.19 bits per heavy atom. The predicted octanol–water partition coefficient (Wildman–Crippen LogP) is 3.36. The molecule has 0 aliphatic heterocycles. The molecular weight excluding hydrogens is 265 g/mol. The van der Waals surface area contributed by atoms with Crippen LogP contribution in [-0.2, 0) is 13.1 Å². The van der Waals surface area contributed by atoms with Gasteiger partial charge >= 0.3 is 0 Å². The molecule has 1 aromatic carbocycles. The third kappa shape index (κ3) is 4.83. The molecule has 0 bridgehead atoms. The average molecular weight is 287 g/mol. The van der Waals surface area contributed by atoms with Gasteiger partial charge in [-0.05, 0) is 29.3 Å². The first-order valence-corrected chi connectivity index (χ1v) is 7.18. The molecule has 0 saturated heterocycles. The van der Waals surface area contributed by atoms with E-state index in [1.807, 2.05) is 30.3 Å². The van der Waals surface area contributed by atoms with Gasteiger partial charge in [-0.2, -0.15) is 0 Å². The number of nitrogens with one attached hydrogen (secondary N) is 1. The van der Waals surface area contributed by atoms with Gasteiger partial charge in [0, 0.05) is 32.4 Å². The summed E-state index contributed by atoms with van der Waals surface area (Å²) in [5.41, 5.74) is 2.09. The lowest BCUT2D eigenvalue weighted by Gasteiger charge is -2.18. The number of nitrogens with zero attached hydrogens (tertiary/aromatic N) is 2. The van der Waals surface area contributed by atoms with Gasteiger partial charge in [-0.15, -0.1) is 0 Å². The van der Waals surface area contributed by atoms with Crippen molar-refractivity contribution in [3.63, 3.8) is 0 Å². The number of pyridine rings is 1. The van der Waals surface area contributed by atoms with Crippen LogP contribution in [0.1, 0.15) is 25.0 Å². The second-order valence-corrected chi connectivity index (χ2v) is 5.55. The van der Waals surface area contributed by atoms with Crippen LogP contribution in [-0.4, -0.2) is 18.1 Å². The minimum atomic E-state index is -0.205. The van der Waals surface area contributed by atoms with Gasteiger partial charge in [-0.3, -0.25) is 0 Å². The van der Waals surface area contributed by atoms with Crippen LogP contribution in [0.3, 0.4) is 0 Å². The highest BCUT2D eigenvalue weighted by atomic mass is 19.1. The first kappa shape index (κ1) is 15.4. The lowest BCUT2D eigenvalue weighted by atomic mass is 10.2. The van der Waals surface area contributed by atoms with E-state index in [0.717, 1.165) is 23.5 Å². The maximum absolute atomic E-state index is 13.2. The standard InChI is InChI=1S/C17H22FN3/c1-13(2)19-10-15-7-8-17(20-11-15)21(3)12-14-5-4-6-16(18)9-14/h4-9,11,13,19H,10,12H2,1-3H3. The van der Waals surface area contributed by atoms with E-state index in [-0.39, 0.29) is 5.82 Å². The summed E-state index contributed by atoms with van der Waals surface area (Å²) in [6.07, 6.45) is 1.88. The van der Waals surface area contributed by atoms with Crippen molar-refractivity contribution in [3.05, 3.63) is 59.5 Å². The zero-order valence-corrected chi connectivity index (χ0v) is 12.8. The molecule has 0 aliphatic rings. The zero-order valence-electron chi connectivity index (χ0n) is 12.8. The third-order valence-electron chi connectivity index (χ3n) is 3.22. The van der Waals surface area contributed by atoms with E-state index in [4.69, 9.17) is 0 Å². The average Bonchev–Trinajstić information content (AvgIpc) is 2.45. The molecule has 0 aliphatic carbocycles. The van der Waals surface area contributed by atoms with Crippen LogP contribution in [0.5, 0.6) is 0 Å². The van der Waals surface area contributed by atoms with Gasteiger partial charge in [-0.25, -0.2) is 9.37 Å². The number of halogens is 1. The van der Waals surface area contributed by atoms with Gasteiger partial charge in [0.2, 0.25) is 0 Å². The van der Waals surface area contributed by atoms with Crippen molar-refractivity contribution >= 4 is 5.82 Å². The molecule has 0 fully saturated rings. The Labute approximate surface area is 125 Å². The van der Waals surface area contributed by atoms with E-state index in [1.165, 1.54) is 6.07 Å². The molecule has 3 nitrogen and oxygen atoms in total. The zero-order chi connectivity index (χ0) is 15.2. The number of hydrogen-bond acceptors (Lipinski definition) is 3. The Morgan fingerprint density at radius 2 is 2.00 bits per heavy atom. The van der Waals surface area contributed by atoms with Crippen molar-refractivity contribution in [1.29, 1.82) is 0 Å². The van der Waals surface area contributed by atoms with Crippen molar-refractivity contribution in [2.24, 2.45) is 0 Å². The van der Waals surface area contributed by atoms with E-state index in [0.29, 0.717) is 12.6 Å². The summed E-state index contributed by atoms with van der Waals surface area (Å²) in [6, 6.07) is 11.2. The Kier molecular flexibility index (Phi) is 5.28. The summed E-state index contributed by atoms with van der Waals surface area (Å²) in [4.78, 5) is 6.48. The molecule has 1 aromatic heterocycles. The summed E-state index contributed by atoms with van der Waals surface area (Å²) < 4.78 is 13.2. The quantitative estimate of drug-likeness (QED) is 0.883. The van der Waals surface area contributed by atoms with E-state index < -0.39 is 0 Å². The van der Waals surface area contributed by atoms with E-state index >= 15 is 0 Å². The van der Waals surface area contributed by atoms with Gasteiger partial charge in [0.1, 0.15) is 11.6 Å². The molecule has 2 rings (SSSR count). The van der Waals surface area contributed by atoms with Crippen LogP contribution >= 0.6 is 0 Å². The van der Waals surface area contributed by atoms with Crippen molar-refractivity contribution in [1.82, 2.24) is 10.3 Å². The van der Waals surface area contributed by atoms with E-state index in [2.05, 4.69) is 30.2 Å². The summed E-state index contributed by atoms with van der Waals surface area (Å²) >= 11 is 0. The van der Waals surface area contributed by atoms with Crippen LogP contribution in [0, 0.1) is 5.82 Å². The molecule has 0 radical (unpaired) electrons. The third-order valence-corrected chi connectivity index (χ3v) is 3.22. The second kappa shape index (κ2) is 7.18. The molecule has 1 N–H and O–H groups in total. The van der Waals surface area contributed by atoms with Crippen molar-refractivity contribution in [2.75, 3.05) is 11.9 Å². The largest absolute Gasteiger partial charge is 0.355 e. The van der Waals surface area contributed by atoms with Gasteiger partial charge < -0.3 is 10.2 Å². The topological polar surface area (TPSA) is 28.2 Å². The number of anilines is 1. The minimum absolute atomic E-state index is 0.205. The lowest BCUT2D eigenvalue weighted by Crippen LogP contribution is -2.22. The highest BCUT2D eigenvalue weighted by Gasteiger charge is 2.05. The Hall–Kier alpha value is -1.94. The highest BCUT2D eigenvalue weighted by Crippen LogP contribution is 2.14. The van der Waals surface area contributed by atoms with Crippen LogP contribution in [0.15, 0.2) is 42.6 Å². The normalized spacial score (nSPS) is 10.9. The molecule has 0 amide bonds. The summed E-state index contributed by atoms with van der Waals surface area (Å²) in [7, 11) is 1.96. The first-order valence-electron chi connectivity index (χ1n) is 7.18. The smallest absolute Gasteiger partial charge is 0.128 e. The van der Waals surface area contributed by atoms with E-state index in [9.17, 15) is 4.39 Å². The maximum Gasteiger partial charge on any atom is 0.128 e. The van der Waals surface area contributed by atoms with Crippen molar-refractivity contribution in [3.8, 4) is 0 Å². The minimum Gasteiger partial charge on any atom is -0.355 e. The monoisotopic (exact) mass is 287 g/mol. The SMILES string of the molecule is CC(C)NCc1ccc(N(C)Cc2cccc(F)c2)nc1. The van der Waals surface area contributed by atoms with Crippen molar-refractivity contribution < 1.29 is 4.39 Å². The fourth-order valence-electron chi connectivity index (χ4n) is 2.06. The number of rotatable bonds is 6. The van der Waals surface area contributed by atoms with Gasteiger partial charge in [0.15, 0.2) is 0 Å². The van der Waals surface area contributed by atoms with Gasteiger partial charge in [0.25, 0.3) is 0 Å². The van der Waals surface area contributed by atoms with Crippen LogP contribution in [0.2, 0.25) is 0 Å². The molecule has 4 heteroatoms. The Morgan fingerprint density at radius 3 is 2.62 bits per heavy atom. The van der Waals surface area contributed by atoms with Gasteiger partial charge in [-0.1, -0.05) is 32.0 Å². The van der Waals surface area contributed by atoms with Crippen LogP contribution in [0.25, 0.3) is 0 Å². The molecule has 2 aromatic rings. The Balaban J connectivity index is 1.97. The van der Waals surface area contributed by atoms with E-state index in [1.54, 1.807) is 12.1 Å². The molecule has 0 saturated carbocycles. The molecule has 112 valence electrons. The lowest BCUT2D eigenvalue weighted by molar-refractivity contribution is 0.588. The van der Waals surface area contributed by atoms with Crippen LogP contribution in [0.4, 0.5) is 10.2 Å². The molecule has 21 heavy (non-hydrogen) atoms. The van der Waals surface area contributed by atoms with Gasteiger partial charge in [0.05, 0.1) is 0 Å². The molecule has 0 spiro atoms. The summed E-state index contributed by atoms with van der Waals surface area (Å²) in [5.74, 6) is 0.677. The summed E-state index contributed by atoms with van der Waals surface area (Å²) in [6.45, 7) is 5.69. The maximum atomic E-state index is 13.2. The molecule has 0 atom stereocenters. The number of benzene rings is 1. The number of hydrogen-bond donors (Lipinski definition) is 1. The summed E-state index contributed by atoms with van der Waals surface area (Å²) in [5, 5.41) is 3.36. The van der Waals surface area contributed by atoms with Crippen molar-refractivity contribution in [2.45, 2.75) is 33.0 Å². The second-order valence-electron chi connectivity index (χ2n) is 5.55. The van der Waals surface area contributed by atoms with Crippen LogP contribution < -0.4 is 10.2 Å². The molecule has 0 unspecified atom stereocenters. The number of aromatic nitrogens is 1. The molecular formula is C17H22FN3. The fourth-order valence-corrected chi connectivity index (χ4v) is 2.06. The highest BCUT2D eigenvalue weighted by molar-refractivity contribution is 5.39. The first-order chi connectivity index (χ1) is 10.0. The Bertz CT molecular complexity index is 567. The molecule has 1 heterocycles. The predicted molar refractivity (Wildman–Crippen MR) is 84.7 cm³/mol. The fraction of sp³-hybridized carbons (Fsp3) is 0.353.